The van der Waals surface area contributed by atoms with Gasteiger partial charge in [-0.05, 0) is 30.5 Å². The van der Waals surface area contributed by atoms with Crippen LogP contribution in [0.3, 0.4) is 0 Å². The highest BCUT2D eigenvalue weighted by Gasteiger charge is 2.53. The molecule has 1 saturated heterocycles. The lowest BCUT2D eigenvalue weighted by atomic mass is 10.1. The molecule has 2 heterocycles. The molecule has 0 unspecified atom stereocenters. The standard InChI is InChI=1S/C21H23Cl2N3O4S2/c22-15-2-1-13(7-16(15)23)9-26-5-6-30-14(10-26)8-24-18(27)12-32-20-25-17(11-31-20)21(3-4-21)19(28)29/h1-2,7,11,14H,3-6,8-10,12H2,(H,24,27)(H,28,29)/t14-/m0/s1. The lowest BCUT2D eigenvalue weighted by molar-refractivity contribution is -0.140. The van der Waals surface area contributed by atoms with E-state index in [4.69, 9.17) is 27.9 Å². The Labute approximate surface area is 204 Å². The Hall–Kier alpha value is -1.36. The molecule has 2 fully saturated rings. The van der Waals surface area contributed by atoms with Crippen molar-refractivity contribution in [3.63, 3.8) is 0 Å². The fourth-order valence-corrected chi connectivity index (χ4v) is 5.67. The number of hydrogen-bond donors (Lipinski definition) is 2. The maximum atomic E-state index is 12.3. The minimum Gasteiger partial charge on any atom is -0.481 e. The largest absolute Gasteiger partial charge is 0.481 e. The van der Waals surface area contributed by atoms with Crippen LogP contribution in [0.4, 0.5) is 0 Å². The molecular weight excluding hydrogens is 493 g/mol. The molecule has 0 spiro atoms. The van der Waals surface area contributed by atoms with Crippen molar-refractivity contribution < 1.29 is 19.4 Å². The minimum absolute atomic E-state index is 0.0859. The SMILES string of the molecule is O=C(CSc1nc(C2(C(=O)O)CC2)cs1)NC[C@H]1CN(Cc2ccc(Cl)c(Cl)c2)CCO1. The van der Waals surface area contributed by atoms with E-state index in [1.165, 1.54) is 23.1 Å². The molecule has 11 heteroatoms. The summed E-state index contributed by atoms with van der Waals surface area (Å²) >= 11 is 14.8. The second kappa shape index (κ2) is 10.3. The van der Waals surface area contributed by atoms with Crippen molar-refractivity contribution in [1.29, 1.82) is 0 Å². The van der Waals surface area contributed by atoms with Crippen LogP contribution in [0.5, 0.6) is 0 Å². The number of carboxylic acids is 1. The summed E-state index contributed by atoms with van der Waals surface area (Å²) in [4.78, 5) is 30.4. The van der Waals surface area contributed by atoms with Crippen LogP contribution in [0.2, 0.25) is 10.0 Å². The first-order chi connectivity index (χ1) is 15.4. The number of nitrogens with zero attached hydrogens (tertiary/aromatic N) is 2. The first-order valence-corrected chi connectivity index (χ1v) is 12.8. The quantitative estimate of drug-likeness (QED) is 0.492. The van der Waals surface area contributed by atoms with Crippen molar-refractivity contribution in [2.45, 2.75) is 35.2 Å². The maximum Gasteiger partial charge on any atom is 0.315 e. The molecule has 7 nitrogen and oxygen atoms in total. The summed E-state index contributed by atoms with van der Waals surface area (Å²) in [5.74, 6) is -0.693. The van der Waals surface area contributed by atoms with E-state index in [2.05, 4.69) is 15.2 Å². The summed E-state index contributed by atoms with van der Waals surface area (Å²) in [7, 11) is 0. The van der Waals surface area contributed by atoms with Crippen molar-refractivity contribution in [3.8, 4) is 0 Å². The normalized spacial score (nSPS) is 20.1. The number of carbonyl (C=O) groups is 2. The molecule has 1 atom stereocenters. The molecule has 0 radical (unpaired) electrons. The first kappa shape index (κ1) is 23.8. The molecule has 0 bridgehead atoms. The molecule has 1 aliphatic carbocycles. The Morgan fingerprint density at radius 2 is 2.16 bits per heavy atom. The zero-order chi connectivity index (χ0) is 22.7. The van der Waals surface area contributed by atoms with Crippen LogP contribution >= 0.6 is 46.3 Å². The van der Waals surface area contributed by atoms with Crippen molar-refractivity contribution in [3.05, 3.63) is 44.9 Å². The van der Waals surface area contributed by atoms with Crippen LogP contribution in [-0.4, -0.2) is 65.0 Å². The fraction of sp³-hybridized carbons (Fsp3) is 0.476. The number of carbonyl (C=O) groups excluding carboxylic acids is 1. The van der Waals surface area contributed by atoms with Gasteiger partial charge in [0, 0.05) is 31.6 Å². The highest BCUT2D eigenvalue weighted by atomic mass is 35.5. The van der Waals surface area contributed by atoms with E-state index in [0.717, 1.165) is 18.7 Å². The number of carboxylic acid groups (broad SMARTS) is 1. The number of rotatable bonds is 9. The third-order valence-corrected chi connectivity index (χ3v) is 8.36. The van der Waals surface area contributed by atoms with Crippen LogP contribution in [-0.2, 0) is 26.3 Å². The summed E-state index contributed by atoms with van der Waals surface area (Å²) in [6.45, 7) is 3.29. The Bertz CT molecular complexity index is 999. The summed E-state index contributed by atoms with van der Waals surface area (Å²) in [5.41, 5.74) is 0.883. The number of morpholine rings is 1. The number of thioether (sulfide) groups is 1. The number of benzene rings is 1. The number of halogens is 2. The second-order valence-corrected chi connectivity index (χ2v) is 10.9. The van der Waals surface area contributed by atoms with E-state index in [-0.39, 0.29) is 17.8 Å². The Balaban J connectivity index is 1.20. The molecule has 1 aliphatic heterocycles. The smallest absolute Gasteiger partial charge is 0.315 e. The third kappa shape index (κ3) is 5.76. The van der Waals surface area contributed by atoms with Gasteiger partial charge in [0.1, 0.15) is 5.41 Å². The van der Waals surface area contributed by atoms with E-state index >= 15 is 0 Å². The van der Waals surface area contributed by atoms with Gasteiger partial charge < -0.3 is 15.2 Å². The number of nitrogens with one attached hydrogen (secondary N) is 1. The molecule has 32 heavy (non-hydrogen) atoms. The molecular formula is C21H23Cl2N3O4S2. The molecule has 2 aliphatic rings. The van der Waals surface area contributed by atoms with Crippen LogP contribution in [0.25, 0.3) is 0 Å². The zero-order valence-electron chi connectivity index (χ0n) is 17.2. The van der Waals surface area contributed by atoms with Crippen molar-refractivity contribution >= 4 is 58.2 Å². The average Bonchev–Trinajstić information content (AvgIpc) is 3.46. The molecule has 2 N–H and O–H groups in total. The van der Waals surface area contributed by atoms with Gasteiger partial charge in [-0.25, -0.2) is 4.98 Å². The number of ether oxygens (including phenoxy) is 1. The maximum absolute atomic E-state index is 12.3. The summed E-state index contributed by atoms with van der Waals surface area (Å²) in [5, 5.41) is 15.2. The lowest BCUT2D eigenvalue weighted by Crippen LogP contribution is -2.47. The average molecular weight is 516 g/mol. The third-order valence-electron chi connectivity index (χ3n) is 5.60. The summed E-state index contributed by atoms with van der Waals surface area (Å²) in [6.07, 6.45) is 1.16. The highest BCUT2D eigenvalue weighted by molar-refractivity contribution is 8.01. The van der Waals surface area contributed by atoms with Crippen molar-refractivity contribution in [2.24, 2.45) is 0 Å². The van der Waals surface area contributed by atoms with Gasteiger partial charge in [0.15, 0.2) is 4.34 Å². The highest BCUT2D eigenvalue weighted by Crippen LogP contribution is 2.49. The number of amides is 1. The zero-order valence-corrected chi connectivity index (χ0v) is 20.3. The Kier molecular flexibility index (Phi) is 7.64. The predicted octanol–water partition coefficient (Wildman–Crippen LogP) is 3.68. The van der Waals surface area contributed by atoms with Crippen LogP contribution in [0.1, 0.15) is 24.1 Å². The van der Waals surface area contributed by atoms with E-state index in [0.29, 0.717) is 52.6 Å². The topological polar surface area (TPSA) is 91.8 Å². The predicted molar refractivity (Wildman–Crippen MR) is 126 cm³/mol. The minimum atomic E-state index is -0.822. The number of aromatic nitrogens is 1. The van der Waals surface area contributed by atoms with Gasteiger partial charge in [0.05, 0.1) is 34.2 Å². The van der Waals surface area contributed by atoms with Gasteiger partial charge in [-0.2, -0.15) is 0 Å². The molecule has 1 saturated carbocycles. The summed E-state index contributed by atoms with van der Waals surface area (Å²) < 4.78 is 6.51. The molecule has 1 aromatic carbocycles. The van der Waals surface area contributed by atoms with Gasteiger partial charge in [0.2, 0.25) is 5.91 Å². The fourth-order valence-electron chi connectivity index (χ4n) is 3.60. The lowest BCUT2D eigenvalue weighted by Gasteiger charge is -2.33. The van der Waals surface area contributed by atoms with E-state index < -0.39 is 11.4 Å². The summed E-state index contributed by atoms with van der Waals surface area (Å²) in [6, 6.07) is 5.63. The van der Waals surface area contributed by atoms with Gasteiger partial charge in [-0.1, -0.05) is 41.0 Å². The Morgan fingerprint density at radius 1 is 1.34 bits per heavy atom. The molecule has 4 rings (SSSR count). The van der Waals surface area contributed by atoms with E-state index in [1.807, 2.05) is 12.1 Å². The van der Waals surface area contributed by atoms with E-state index in [1.54, 1.807) is 11.4 Å². The molecule has 2 aromatic rings. The van der Waals surface area contributed by atoms with Crippen LogP contribution in [0.15, 0.2) is 27.9 Å². The van der Waals surface area contributed by atoms with Crippen LogP contribution in [0, 0.1) is 0 Å². The van der Waals surface area contributed by atoms with Gasteiger partial charge in [-0.3, -0.25) is 14.5 Å². The van der Waals surface area contributed by atoms with E-state index in [9.17, 15) is 14.7 Å². The first-order valence-electron chi connectivity index (χ1n) is 10.2. The molecule has 172 valence electrons. The monoisotopic (exact) mass is 515 g/mol. The van der Waals surface area contributed by atoms with Crippen LogP contribution < -0.4 is 5.32 Å². The molecule has 1 aromatic heterocycles. The van der Waals surface area contributed by atoms with Gasteiger partial charge >= 0.3 is 5.97 Å². The number of thiazole rings is 1. The van der Waals surface area contributed by atoms with Gasteiger partial charge in [0.25, 0.3) is 0 Å². The molecule has 1 amide bonds. The number of aliphatic carboxylic acids is 1. The van der Waals surface area contributed by atoms with Crippen molar-refractivity contribution in [2.75, 3.05) is 32.0 Å². The number of hydrogen-bond acceptors (Lipinski definition) is 7. The Morgan fingerprint density at radius 3 is 2.88 bits per heavy atom. The second-order valence-electron chi connectivity index (χ2n) is 7.96. The van der Waals surface area contributed by atoms with Gasteiger partial charge in [-0.15, -0.1) is 11.3 Å². The van der Waals surface area contributed by atoms with Crippen molar-refractivity contribution in [1.82, 2.24) is 15.2 Å².